The lowest BCUT2D eigenvalue weighted by Crippen LogP contribution is -2.23. The summed E-state index contributed by atoms with van der Waals surface area (Å²) < 4.78 is 5.86. The Morgan fingerprint density at radius 3 is 2.74 bits per heavy atom. The number of fused-ring (bicyclic) bond motifs is 4. The molecule has 4 heteroatoms. The zero-order chi connectivity index (χ0) is 16.1. The molecule has 1 heterocycles. The maximum Gasteiger partial charge on any atom is 0.176 e. The average molecular weight is 371 g/mol. The van der Waals surface area contributed by atoms with Gasteiger partial charge in [-0.3, -0.25) is 9.59 Å². The fraction of sp³-hybridized carbons (Fsp3) is 0.263. The van der Waals surface area contributed by atoms with Crippen LogP contribution < -0.4 is 4.74 Å². The second-order valence-electron chi connectivity index (χ2n) is 6.09. The van der Waals surface area contributed by atoms with Gasteiger partial charge in [-0.2, -0.15) is 0 Å². The summed E-state index contributed by atoms with van der Waals surface area (Å²) in [5.74, 6) is 0.940. The molecule has 0 N–H and O–H groups in total. The van der Waals surface area contributed by atoms with Crippen molar-refractivity contribution in [1.29, 1.82) is 0 Å². The van der Waals surface area contributed by atoms with E-state index in [4.69, 9.17) is 4.74 Å². The summed E-state index contributed by atoms with van der Waals surface area (Å²) in [6, 6.07) is 9.70. The lowest BCUT2D eigenvalue weighted by atomic mass is 9.85. The predicted molar refractivity (Wildman–Crippen MR) is 91.6 cm³/mol. The number of ether oxygens (including phenoxy) is 1. The Bertz CT molecular complexity index is 854. The molecule has 0 fully saturated rings. The standard InChI is InChI=1S/C19H15BrO3/c1-10(21)11-2-4-14-13(6-11)9-23-18-8-15-12(7-16(14)18)3-5-17(20)19(15)22/h2,4,6-8,17H,3,5,9H2,1H3. The molecule has 1 atom stereocenters. The highest BCUT2D eigenvalue weighted by Crippen LogP contribution is 2.41. The average Bonchev–Trinajstić information content (AvgIpc) is 2.56. The molecule has 0 saturated carbocycles. The Morgan fingerprint density at radius 2 is 1.96 bits per heavy atom. The molecule has 0 saturated heterocycles. The number of rotatable bonds is 1. The van der Waals surface area contributed by atoms with Gasteiger partial charge in [0.2, 0.25) is 0 Å². The molecule has 23 heavy (non-hydrogen) atoms. The molecule has 1 unspecified atom stereocenters. The van der Waals surface area contributed by atoms with Crippen molar-refractivity contribution < 1.29 is 14.3 Å². The van der Waals surface area contributed by atoms with Crippen LogP contribution in [0.1, 0.15) is 45.2 Å². The quantitative estimate of drug-likeness (QED) is 0.553. The number of aryl methyl sites for hydroxylation is 1. The summed E-state index contributed by atoms with van der Waals surface area (Å²) in [5.41, 5.74) is 5.67. The van der Waals surface area contributed by atoms with Gasteiger partial charge in [-0.15, -0.1) is 0 Å². The van der Waals surface area contributed by atoms with Crippen LogP contribution >= 0.6 is 15.9 Å². The van der Waals surface area contributed by atoms with Crippen molar-refractivity contribution in [1.82, 2.24) is 0 Å². The molecular formula is C19H15BrO3. The van der Waals surface area contributed by atoms with Crippen LogP contribution in [-0.2, 0) is 13.0 Å². The molecule has 116 valence electrons. The second kappa shape index (κ2) is 5.31. The zero-order valence-corrected chi connectivity index (χ0v) is 14.3. The molecule has 0 spiro atoms. The van der Waals surface area contributed by atoms with Crippen LogP contribution in [-0.4, -0.2) is 16.4 Å². The van der Waals surface area contributed by atoms with E-state index in [1.54, 1.807) is 6.92 Å². The zero-order valence-electron chi connectivity index (χ0n) is 12.7. The summed E-state index contributed by atoms with van der Waals surface area (Å²) >= 11 is 3.44. The van der Waals surface area contributed by atoms with Gasteiger partial charge >= 0.3 is 0 Å². The lowest BCUT2D eigenvalue weighted by molar-refractivity contribution is 0.0979. The van der Waals surface area contributed by atoms with Crippen LogP contribution in [0.15, 0.2) is 30.3 Å². The van der Waals surface area contributed by atoms with Crippen molar-refractivity contribution in [3.63, 3.8) is 0 Å². The van der Waals surface area contributed by atoms with Gasteiger partial charge in [0.15, 0.2) is 11.6 Å². The van der Waals surface area contributed by atoms with Crippen LogP contribution in [0.3, 0.4) is 0 Å². The molecule has 0 amide bonds. The Kier molecular flexibility index (Phi) is 3.38. The third-order valence-corrected chi connectivity index (χ3v) is 5.48. The molecule has 1 aliphatic heterocycles. The normalized spacial score (nSPS) is 18.5. The molecule has 0 bridgehead atoms. The van der Waals surface area contributed by atoms with E-state index in [2.05, 4.69) is 22.0 Å². The minimum atomic E-state index is -0.0953. The molecule has 2 aromatic rings. The molecule has 2 aliphatic rings. The topological polar surface area (TPSA) is 43.4 Å². The highest BCUT2D eigenvalue weighted by molar-refractivity contribution is 9.10. The molecule has 0 aromatic heterocycles. The van der Waals surface area contributed by atoms with Gasteiger partial charge in [0.25, 0.3) is 0 Å². The van der Waals surface area contributed by atoms with Crippen molar-refractivity contribution in [2.45, 2.75) is 31.2 Å². The fourth-order valence-corrected chi connectivity index (χ4v) is 3.80. The summed E-state index contributed by atoms with van der Waals surface area (Å²) in [5, 5.41) is 0. The van der Waals surface area contributed by atoms with Crippen LogP contribution in [0.5, 0.6) is 5.75 Å². The van der Waals surface area contributed by atoms with E-state index in [0.29, 0.717) is 12.2 Å². The largest absolute Gasteiger partial charge is 0.488 e. The minimum Gasteiger partial charge on any atom is -0.488 e. The van der Waals surface area contributed by atoms with Gasteiger partial charge in [0.1, 0.15) is 12.4 Å². The van der Waals surface area contributed by atoms with E-state index in [0.717, 1.165) is 46.4 Å². The van der Waals surface area contributed by atoms with Crippen molar-refractivity contribution in [2.24, 2.45) is 0 Å². The number of hydrogen-bond donors (Lipinski definition) is 0. The Labute approximate surface area is 142 Å². The number of carbonyl (C=O) groups excluding carboxylic acids is 2. The van der Waals surface area contributed by atoms with Gasteiger partial charge < -0.3 is 4.74 Å². The summed E-state index contributed by atoms with van der Waals surface area (Å²) in [6.07, 6.45) is 1.70. The Balaban J connectivity index is 1.86. The third kappa shape index (κ3) is 2.32. The van der Waals surface area contributed by atoms with Gasteiger partial charge in [0, 0.05) is 16.7 Å². The summed E-state index contributed by atoms with van der Waals surface area (Å²) in [4.78, 5) is 23.8. The number of halogens is 1. The van der Waals surface area contributed by atoms with Crippen molar-refractivity contribution in [3.8, 4) is 16.9 Å². The molecule has 3 nitrogen and oxygen atoms in total. The van der Waals surface area contributed by atoms with Crippen LogP contribution in [0.2, 0.25) is 0 Å². The first-order valence-electron chi connectivity index (χ1n) is 7.67. The highest BCUT2D eigenvalue weighted by atomic mass is 79.9. The van der Waals surface area contributed by atoms with E-state index in [1.165, 1.54) is 0 Å². The molecule has 1 aliphatic carbocycles. The van der Waals surface area contributed by atoms with Crippen LogP contribution in [0.4, 0.5) is 0 Å². The summed E-state index contributed by atoms with van der Waals surface area (Å²) in [6.45, 7) is 1.99. The third-order valence-electron chi connectivity index (χ3n) is 4.61. The number of benzene rings is 2. The number of ketones is 2. The van der Waals surface area contributed by atoms with Gasteiger partial charge in [0.05, 0.1) is 4.83 Å². The first-order valence-corrected chi connectivity index (χ1v) is 8.58. The Morgan fingerprint density at radius 1 is 1.13 bits per heavy atom. The SMILES string of the molecule is CC(=O)c1ccc2c(c1)COc1cc3c(cc1-2)CCC(Br)C3=O. The maximum atomic E-state index is 12.3. The van der Waals surface area contributed by atoms with Crippen LogP contribution in [0, 0.1) is 0 Å². The van der Waals surface area contributed by atoms with Gasteiger partial charge in [-0.1, -0.05) is 28.1 Å². The molecule has 0 radical (unpaired) electrons. The molecule has 2 aromatic carbocycles. The fourth-order valence-electron chi connectivity index (χ4n) is 3.32. The number of alkyl halides is 1. The van der Waals surface area contributed by atoms with E-state index in [-0.39, 0.29) is 16.4 Å². The van der Waals surface area contributed by atoms with Gasteiger partial charge in [-0.05, 0) is 54.7 Å². The van der Waals surface area contributed by atoms with E-state index in [1.807, 2.05) is 24.3 Å². The number of Topliss-reactive ketones (excluding diaryl/α,β-unsaturated/α-hetero) is 2. The Hall–Kier alpha value is -1.94. The van der Waals surface area contributed by atoms with Crippen molar-refractivity contribution in [3.05, 3.63) is 52.6 Å². The highest BCUT2D eigenvalue weighted by Gasteiger charge is 2.28. The monoisotopic (exact) mass is 370 g/mol. The van der Waals surface area contributed by atoms with E-state index >= 15 is 0 Å². The van der Waals surface area contributed by atoms with Crippen molar-refractivity contribution >= 4 is 27.5 Å². The molecule has 4 rings (SSSR count). The first kappa shape index (κ1) is 14.6. The van der Waals surface area contributed by atoms with E-state index in [9.17, 15) is 9.59 Å². The lowest BCUT2D eigenvalue weighted by Gasteiger charge is -2.26. The maximum absolute atomic E-state index is 12.3. The second-order valence-corrected chi connectivity index (χ2v) is 7.20. The van der Waals surface area contributed by atoms with Gasteiger partial charge in [-0.25, -0.2) is 0 Å². The van der Waals surface area contributed by atoms with E-state index < -0.39 is 0 Å². The first-order chi connectivity index (χ1) is 11.0. The number of hydrogen-bond acceptors (Lipinski definition) is 3. The number of carbonyl (C=O) groups is 2. The summed E-state index contributed by atoms with van der Waals surface area (Å²) in [7, 11) is 0. The smallest absolute Gasteiger partial charge is 0.176 e. The minimum absolute atomic E-state index is 0.0537. The molecular weight excluding hydrogens is 356 g/mol. The van der Waals surface area contributed by atoms with Crippen molar-refractivity contribution in [2.75, 3.05) is 0 Å². The predicted octanol–water partition coefficient (Wildman–Crippen LogP) is 4.34. The van der Waals surface area contributed by atoms with Crippen LogP contribution in [0.25, 0.3) is 11.1 Å².